The highest BCUT2D eigenvalue weighted by Crippen LogP contribution is 2.28. The van der Waals surface area contributed by atoms with E-state index in [1.165, 1.54) is 18.4 Å². The van der Waals surface area contributed by atoms with E-state index in [-0.39, 0.29) is 5.54 Å². The lowest BCUT2D eigenvalue weighted by Gasteiger charge is -2.25. The highest BCUT2D eigenvalue weighted by atomic mass is 79.9. The van der Waals surface area contributed by atoms with Gasteiger partial charge in [-0.05, 0) is 55.1 Å². The predicted octanol–water partition coefficient (Wildman–Crippen LogP) is 3.97. The fourth-order valence-electron chi connectivity index (χ4n) is 2.61. The summed E-state index contributed by atoms with van der Waals surface area (Å²) in [6.45, 7) is 12.0. The molecule has 0 aromatic carbocycles. The van der Waals surface area contributed by atoms with Crippen molar-refractivity contribution < 1.29 is 0 Å². The minimum absolute atomic E-state index is 0.122. The van der Waals surface area contributed by atoms with Crippen molar-refractivity contribution in [3.63, 3.8) is 0 Å². The Bertz CT molecular complexity index is 454. The van der Waals surface area contributed by atoms with Crippen LogP contribution in [0.4, 0.5) is 5.82 Å². The molecule has 1 aromatic heterocycles. The summed E-state index contributed by atoms with van der Waals surface area (Å²) in [4.78, 5) is 7.11. The van der Waals surface area contributed by atoms with Gasteiger partial charge >= 0.3 is 0 Å². The van der Waals surface area contributed by atoms with Crippen LogP contribution >= 0.6 is 15.9 Å². The summed E-state index contributed by atoms with van der Waals surface area (Å²) < 4.78 is 1.05. The molecule has 0 saturated carbocycles. The van der Waals surface area contributed by atoms with Gasteiger partial charge in [-0.15, -0.1) is 0 Å². The first kappa shape index (κ1) is 15.8. The van der Waals surface area contributed by atoms with E-state index < -0.39 is 0 Å². The van der Waals surface area contributed by atoms with Gasteiger partial charge in [0.05, 0.1) is 0 Å². The second-order valence-electron chi connectivity index (χ2n) is 6.75. The third-order valence-corrected chi connectivity index (χ3v) is 4.32. The molecule has 1 unspecified atom stereocenters. The second kappa shape index (κ2) is 6.44. The minimum atomic E-state index is 0.122. The number of pyridine rings is 1. The van der Waals surface area contributed by atoms with E-state index in [0.29, 0.717) is 0 Å². The average molecular weight is 340 g/mol. The molecular weight excluding hydrogens is 314 g/mol. The lowest BCUT2D eigenvalue weighted by molar-refractivity contribution is 0.424. The Hall–Kier alpha value is -0.610. The van der Waals surface area contributed by atoms with Crippen LogP contribution in [0, 0.1) is 5.92 Å². The number of aromatic nitrogens is 1. The van der Waals surface area contributed by atoms with Gasteiger partial charge in [0.2, 0.25) is 0 Å². The number of hydrogen-bond acceptors (Lipinski definition) is 3. The molecule has 1 aromatic rings. The zero-order chi connectivity index (χ0) is 14.8. The molecule has 0 spiro atoms. The molecule has 1 saturated heterocycles. The summed E-state index contributed by atoms with van der Waals surface area (Å²) in [5, 5.41) is 3.57. The summed E-state index contributed by atoms with van der Waals surface area (Å²) in [7, 11) is 0. The fourth-order valence-corrected chi connectivity index (χ4v) is 2.99. The Morgan fingerprint density at radius 2 is 2.20 bits per heavy atom. The highest BCUT2D eigenvalue weighted by molar-refractivity contribution is 9.10. The zero-order valence-corrected chi connectivity index (χ0v) is 14.6. The number of rotatable bonds is 4. The summed E-state index contributed by atoms with van der Waals surface area (Å²) in [5.41, 5.74) is 1.40. The number of halogens is 1. The molecule has 1 aliphatic heterocycles. The maximum Gasteiger partial charge on any atom is 0.133 e. The first-order chi connectivity index (χ1) is 9.39. The molecule has 0 amide bonds. The molecule has 0 aliphatic carbocycles. The molecule has 1 aliphatic rings. The van der Waals surface area contributed by atoms with E-state index in [4.69, 9.17) is 0 Å². The van der Waals surface area contributed by atoms with Crippen LogP contribution < -0.4 is 10.2 Å². The van der Waals surface area contributed by atoms with E-state index in [0.717, 1.165) is 35.8 Å². The molecular formula is C16H26BrN3. The molecule has 0 bridgehead atoms. The van der Waals surface area contributed by atoms with Crippen molar-refractivity contribution in [2.45, 2.75) is 52.6 Å². The number of nitrogens with zero attached hydrogens (tertiary/aromatic N) is 2. The topological polar surface area (TPSA) is 28.2 Å². The summed E-state index contributed by atoms with van der Waals surface area (Å²) in [6.07, 6.45) is 4.47. The summed E-state index contributed by atoms with van der Waals surface area (Å²) >= 11 is 3.54. The van der Waals surface area contributed by atoms with Crippen LogP contribution in [0.3, 0.4) is 0 Å². The predicted molar refractivity (Wildman–Crippen MR) is 89.1 cm³/mol. The van der Waals surface area contributed by atoms with Crippen molar-refractivity contribution >= 4 is 21.7 Å². The SMILES string of the molecule is CCC1CCN(c2ncc(Br)cc2CNC(C)(C)C)C1. The first-order valence-electron chi connectivity index (χ1n) is 7.53. The summed E-state index contributed by atoms with van der Waals surface area (Å²) in [6, 6.07) is 2.19. The van der Waals surface area contributed by atoms with Gasteiger partial charge in [0.1, 0.15) is 5.82 Å². The molecule has 2 heterocycles. The number of hydrogen-bond donors (Lipinski definition) is 1. The highest BCUT2D eigenvalue weighted by Gasteiger charge is 2.24. The van der Waals surface area contributed by atoms with E-state index in [9.17, 15) is 0 Å². The fraction of sp³-hybridized carbons (Fsp3) is 0.688. The van der Waals surface area contributed by atoms with Gasteiger partial charge in [0, 0.05) is 41.4 Å². The van der Waals surface area contributed by atoms with Crippen molar-refractivity contribution in [2.24, 2.45) is 5.92 Å². The van der Waals surface area contributed by atoms with Gasteiger partial charge in [-0.3, -0.25) is 0 Å². The lowest BCUT2D eigenvalue weighted by Crippen LogP contribution is -2.35. The monoisotopic (exact) mass is 339 g/mol. The lowest BCUT2D eigenvalue weighted by atomic mass is 10.1. The Kier molecular flexibility index (Phi) is 5.08. The normalized spacial score (nSPS) is 19.6. The molecule has 1 N–H and O–H groups in total. The number of nitrogens with one attached hydrogen (secondary N) is 1. The Balaban J connectivity index is 2.16. The Labute approximate surface area is 131 Å². The quantitative estimate of drug-likeness (QED) is 0.899. The van der Waals surface area contributed by atoms with Gasteiger partial charge in [-0.2, -0.15) is 0 Å². The molecule has 1 fully saturated rings. The maximum atomic E-state index is 4.67. The Morgan fingerprint density at radius 3 is 2.80 bits per heavy atom. The van der Waals surface area contributed by atoms with Crippen molar-refractivity contribution in [1.82, 2.24) is 10.3 Å². The van der Waals surface area contributed by atoms with Gasteiger partial charge in [-0.25, -0.2) is 4.98 Å². The first-order valence-corrected chi connectivity index (χ1v) is 8.32. The van der Waals surface area contributed by atoms with Crippen molar-refractivity contribution in [3.05, 3.63) is 22.3 Å². The zero-order valence-electron chi connectivity index (χ0n) is 13.0. The van der Waals surface area contributed by atoms with Crippen LogP contribution in [-0.2, 0) is 6.54 Å². The molecule has 3 nitrogen and oxygen atoms in total. The van der Waals surface area contributed by atoms with Crippen molar-refractivity contribution in [1.29, 1.82) is 0 Å². The van der Waals surface area contributed by atoms with E-state index in [1.807, 2.05) is 6.20 Å². The van der Waals surface area contributed by atoms with E-state index >= 15 is 0 Å². The van der Waals surface area contributed by atoms with Crippen LogP contribution in [-0.4, -0.2) is 23.6 Å². The van der Waals surface area contributed by atoms with E-state index in [2.05, 4.69) is 64.9 Å². The maximum absolute atomic E-state index is 4.67. The second-order valence-corrected chi connectivity index (χ2v) is 7.66. The van der Waals surface area contributed by atoms with Gasteiger partial charge in [0.25, 0.3) is 0 Å². The molecule has 2 rings (SSSR count). The van der Waals surface area contributed by atoms with Gasteiger partial charge < -0.3 is 10.2 Å². The van der Waals surface area contributed by atoms with Crippen LogP contribution in [0.25, 0.3) is 0 Å². The average Bonchev–Trinajstić information content (AvgIpc) is 2.84. The third-order valence-electron chi connectivity index (χ3n) is 3.88. The molecule has 0 radical (unpaired) electrons. The van der Waals surface area contributed by atoms with Crippen LogP contribution in [0.2, 0.25) is 0 Å². The van der Waals surface area contributed by atoms with Crippen LogP contribution in [0.1, 0.15) is 46.1 Å². The van der Waals surface area contributed by atoms with E-state index in [1.54, 1.807) is 0 Å². The smallest absolute Gasteiger partial charge is 0.133 e. The largest absolute Gasteiger partial charge is 0.356 e. The number of anilines is 1. The molecule has 20 heavy (non-hydrogen) atoms. The van der Waals surface area contributed by atoms with Gasteiger partial charge in [-0.1, -0.05) is 13.3 Å². The summed E-state index contributed by atoms with van der Waals surface area (Å²) in [5.74, 6) is 1.98. The minimum Gasteiger partial charge on any atom is -0.356 e. The van der Waals surface area contributed by atoms with Crippen molar-refractivity contribution in [3.8, 4) is 0 Å². The van der Waals surface area contributed by atoms with Gasteiger partial charge in [0.15, 0.2) is 0 Å². The molecule has 4 heteroatoms. The van der Waals surface area contributed by atoms with Crippen molar-refractivity contribution in [2.75, 3.05) is 18.0 Å². The van der Waals surface area contributed by atoms with Crippen LogP contribution in [0.5, 0.6) is 0 Å². The third kappa shape index (κ3) is 4.19. The molecule has 112 valence electrons. The van der Waals surface area contributed by atoms with Crippen LogP contribution in [0.15, 0.2) is 16.7 Å². The Morgan fingerprint density at radius 1 is 1.45 bits per heavy atom. The standard InChI is InChI=1S/C16H26BrN3/c1-5-12-6-7-20(11-12)15-13(8-14(17)10-18-15)9-19-16(2,3)4/h8,10,12,19H,5-7,9,11H2,1-4H3. The molecule has 1 atom stereocenters.